The van der Waals surface area contributed by atoms with Crippen molar-refractivity contribution in [2.24, 2.45) is 0 Å². The number of carboxylic acid groups (broad SMARTS) is 1. The Morgan fingerprint density at radius 2 is 1.66 bits per heavy atom. The minimum atomic E-state index is -0.867. The van der Waals surface area contributed by atoms with E-state index in [0.29, 0.717) is 23.6 Å². The highest BCUT2D eigenvalue weighted by molar-refractivity contribution is 6.31. The SMILES string of the molecule is Cc1ccc(CC(=O)c2ccc(Cn3nc(C)c(CC(=O)O)c3C)cc2)cc1Cl. The number of aryl methyl sites for hydroxylation is 2. The Bertz CT molecular complexity index is 1070. The summed E-state index contributed by atoms with van der Waals surface area (Å²) in [7, 11) is 0. The number of benzene rings is 2. The Morgan fingerprint density at radius 3 is 2.28 bits per heavy atom. The Labute approximate surface area is 174 Å². The van der Waals surface area contributed by atoms with Crippen LogP contribution in [0.25, 0.3) is 0 Å². The smallest absolute Gasteiger partial charge is 0.307 e. The molecule has 0 saturated heterocycles. The van der Waals surface area contributed by atoms with E-state index in [2.05, 4.69) is 5.10 Å². The van der Waals surface area contributed by atoms with Crippen molar-refractivity contribution in [1.82, 2.24) is 9.78 Å². The van der Waals surface area contributed by atoms with Gasteiger partial charge in [0.25, 0.3) is 0 Å². The molecule has 0 saturated carbocycles. The first kappa shape index (κ1) is 20.8. The summed E-state index contributed by atoms with van der Waals surface area (Å²) in [6.07, 6.45) is 0.267. The van der Waals surface area contributed by atoms with Crippen LogP contribution in [-0.2, 0) is 24.2 Å². The molecule has 0 atom stereocenters. The quantitative estimate of drug-likeness (QED) is 0.579. The van der Waals surface area contributed by atoms with E-state index in [9.17, 15) is 9.59 Å². The van der Waals surface area contributed by atoms with Crippen molar-refractivity contribution < 1.29 is 14.7 Å². The number of ketones is 1. The average Bonchev–Trinajstić information content (AvgIpc) is 2.92. The molecule has 0 spiro atoms. The highest BCUT2D eigenvalue weighted by atomic mass is 35.5. The molecular weight excluding hydrogens is 388 g/mol. The van der Waals surface area contributed by atoms with Gasteiger partial charge in [-0.05, 0) is 43.5 Å². The molecule has 3 rings (SSSR count). The predicted octanol–water partition coefficient (Wildman–Crippen LogP) is 4.56. The topological polar surface area (TPSA) is 72.2 Å². The molecule has 3 aromatic rings. The third-order valence-electron chi connectivity index (χ3n) is 5.07. The number of aromatic nitrogens is 2. The van der Waals surface area contributed by atoms with Crippen LogP contribution in [0.15, 0.2) is 42.5 Å². The molecule has 2 aromatic carbocycles. The number of nitrogens with zero attached hydrogens (tertiary/aromatic N) is 2. The van der Waals surface area contributed by atoms with Crippen LogP contribution in [0, 0.1) is 20.8 Å². The third-order valence-corrected chi connectivity index (χ3v) is 5.48. The van der Waals surface area contributed by atoms with Gasteiger partial charge in [-0.25, -0.2) is 0 Å². The van der Waals surface area contributed by atoms with Crippen LogP contribution >= 0.6 is 11.6 Å². The van der Waals surface area contributed by atoms with Gasteiger partial charge in [0.05, 0.1) is 18.7 Å². The van der Waals surface area contributed by atoms with Crippen molar-refractivity contribution >= 4 is 23.4 Å². The molecule has 0 amide bonds. The summed E-state index contributed by atoms with van der Waals surface area (Å²) < 4.78 is 1.80. The van der Waals surface area contributed by atoms with Crippen molar-refractivity contribution in [2.75, 3.05) is 0 Å². The van der Waals surface area contributed by atoms with Crippen LogP contribution in [0.2, 0.25) is 5.02 Å². The Hall–Kier alpha value is -2.92. The van der Waals surface area contributed by atoms with E-state index in [1.54, 1.807) is 4.68 Å². The maximum Gasteiger partial charge on any atom is 0.307 e. The first-order valence-corrected chi connectivity index (χ1v) is 9.74. The number of hydrogen-bond donors (Lipinski definition) is 1. The maximum absolute atomic E-state index is 12.6. The molecule has 0 unspecified atom stereocenters. The molecular formula is C23H23ClN2O3. The zero-order chi connectivity index (χ0) is 21.1. The van der Waals surface area contributed by atoms with Gasteiger partial charge in [-0.2, -0.15) is 5.10 Å². The molecule has 0 aliphatic carbocycles. The highest BCUT2D eigenvalue weighted by Gasteiger charge is 2.15. The Kier molecular flexibility index (Phi) is 6.18. The van der Waals surface area contributed by atoms with Gasteiger partial charge < -0.3 is 5.11 Å². The predicted molar refractivity (Wildman–Crippen MR) is 113 cm³/mol. The van der Waals surface area contributed by atoms with Gasteiger partial charge in [0, 0.05) is 28.3 Å². The maximum atomic E-state index is 12.6. The van der Waals surface area contributed by atoms with E-state index in [0.717, 1.165) is 33.6 Å². The summed E-state index contributed by atoms with van der Waals surface area (Å²) >= 11 is 6.14. The minimum Gasteiger partial charge on any atom is -0.481 e. The standard InChI is InChI=1S/C23H23ClN2O3/c1-14-4-5-18(10-21(14)24)11-22(27)19-8-6-17(7-9-19)13-26-16(3)20(12-23(28)29)15(2)25-26/h4-10H,11-13H2,1-3H3,(H,28,29). The second-order valence-corrected chi connectivity index (χ2v) is 7.67. The lowest BCUT2D eigenvalue weighted by atomic mass is 10.0. The number of carbonyl (C=O) groups excluding carboxylic acids is 1. The monoisotopic (exact) mass is 410 g/mol. The molecule has 0 radical (unpaired) electrons. The van der Waals surface area contributed by atoms with Gasteiger partial charge in [0.15, 0.2) is 5.78 Å². The van der Waals surface area contributed by atoms with Gasteiger partial charge in [-0.1, -0.05) is 48.0 Å². The molecule has 29 heavy (non-hydrogen) atoms. The molecule has 0 aliphatic heterocycles. The number of carboxylic acids is 1. The number of Topliss-reactive ketones (excluding diaryl/α,β-unsaturated/α-hetero) is 1. The summed E-state index contributed by atoms with van der Waals surface area (Å²) in [6.45, 7) is 6.15. The van der Waals surface area contributed by atoms with Gasteiger partial charge in [-0.3, -0.25) is 14.3 Å². The number of aliphatic carboxylic acids is 1. The number of halogens is 1. The van der Waals surface area contributed by atoms with Crippen LogP contribution in [0.1, 0.15) is 44.0 Å². The fourth-order valence-corrected chi connectivity index (χ4v) is 3.50. The van der Waals surface area contributed by atoms with Crippen molar-refractivity contribution in [3.8, 4) is 0 Å². The van der Waals surface area contributed by atoms with E-state index in [-0.39, 0.29) is 12.2 Å². The highest BCUT2D eigenvalue weighted by Crippen LogP contribution is 2.19. The first-order chi connectivity index (χ1) is 13.7. The molecule has 1 aromatic heterocycles. The molecule has 0 aliphatic rings. The van der Waals surface area contributed by atoms with Crippen molar-refractivity contribution in [1.29, 1.82) is 0 Å². The van der Waals surface area contributed by atoms with Crippen molar-refractivity contribution in [3.63, 3.8) is 0 Å². The second kappa shape index (κ2) is 8.62. The van der Waals surface area contributed by atoms with E-state index >= 15 is 0 Å². The van der Waals surface area contributed by atoms with Gasteiger partial charge in [-0.15, -0.1) is 0 Å². The lowest BCUT2D eigenvalue weighted by Gasteiger charge is -2.07. The zero-order valence-corrected chi connectivity index (χ0v) is 17.5. The molecule has 1 N–H and O–H groups in total. The van der Waals surface area contributed by atoms with E-state index in [1.807, 2.05) is 63.2 Å². The second-order valence-electron chi connectivity index (χ2n) is 7.26. The van der Waals surface area contributed by atoms with E-state index in [4.69, 9.17) is 16.7 Å². The fraction of sp³-hybridized carbons (Fsp3) is 0.261. The lowest BCUT2D eigenvalue weighted by molar-refractivity contribution is -0.136. The summed E-state index contributed by atoms with van der Waals surface area (Å²) in [4.78, 5) is 23.6. The van der Waals surface area contributed by atoms with Crippen molar-refractivity contribution in [3.05, 3.63) is 86.7 Å². The summed E-state index contributed by atoms with van der Waals surface area (Å²) in [5, 5.41) is 14.2. The molecule has 0 bridgehead atoms. The molecule has 6 heteroatoms. The van der Waals surface area contributed by atoms with Crippen LogP contribution in [0.3, 0.4) is 0 Å². The zero-order valence-electron chi connectivity index (χ0n) is 16.7. The largest absolute Gasteiger partial charge is 0.481 e. The summed E-state index contributed by atoms with van der Waals surface area (Å²) in [5.41, 5.74) is 5.85. The van der Waals surface area contributed by atoms with Crippen molar-refractivity contribution in [2.45, 2.75) is 40.2 Å². The van der Waals surface area contributed by atoms with Crippen LogP contribution in [0.4, 0.5) is 0 Å². The van der Waals surface area contributed by atoms with Crippen LogP contribution < -0.4 is 0 Å². The average molecular weight is 411 g/mol. The third kappa shape index (κ3) is 4.93. The van der Waals surface area contributed by atoms with Gasteiger partial charge in [0.2, 0.25) is 0 Å². The number of rotatable bonds is 7. The van der Waals surface area contributed by atoms with Gasteiger partial charge in [0.1, 0.15) is 0 Å². The Morgan fingerprint density at radius 1 is 1.00 bits per heavy atom. The fourth-order valence-electron chi connectivity index (χ4n) is 3.30. The van der Waals surface area contributed by atoms with E-state index < -0.39 is 5.97 Å². The Balaban J connectivity index is 1.71. The van der Waals surface area contributed by atoms with Crippen LogP contribution in [0.5, 0.6) is 0 Å². The minimum absolute atomic E-state index is 0.0336. The lowest BCUT2D eigenvalue weighted by Crippen LogP contribution is -2.07. The summed E-state index contributed by atoms with van der Waals surface area (Å²) in [5.74, 6) is -0.834. The molecule has 5 nitrogen and oxygen atoms in total. The summed E-state index contributed by atoms with van der Waals surface area (Å²) in [6, 6.07) is 13.1. The molecule has 0 fully saturated rings. The number of carbonyl (C=O) groups is 2. The normalized spacial score (nSPS) is 10.9. The first-order valence-electron chi connectivity index (χ1n) is 9.36. The molecule has 1 heterocycles. The van der Waals surface area contributed by atoms with E-state index in [1.165, 1.54) is 0 Å². The molecule has 150 valence electrons. The van der Waals surface area contributed by atoms with Gasteiger partial charge >= 0.3 is 5.97 Å². The number of hydrogen-bond acceptors (Lipinski definition) is 3. The van der Waals surface area contributed by atoms with Crippen LogP contribution in [-0.4, -0.2) is 26.6 Å².